The van der Waals surface area contributed by atoms with Gasteiger partial charge in [0.05, 0.1) is 5.92 Å². The summed E-state index contributed by atoms with van der Waals surface area (Å²) in [5.41, 5.74) is 5.71. The lowest BCUT2D eigenvalue weighted by Gasteiger charge is -2.26. The molecule has 0 unspecified atom stereocenters. The Kier molecular flexibility index (Phi) is 3.97. The van der Waals surface area contributed by atoms with Crippen LogP contribution in [0.2, 0.25) is 0 Å². The summed E-state index contributed by atoms with van der Waals surface area (Å²) in [5.74, 6) is -0.245. The second-order valence-corrected chi connectivity index (χ2v) is 6.04. The maximum Gasteiger partial charge on any atom is 0.308 e. The predicted octanol–water partition coefficient (Wildman–Crippen LogP) is 1.01. The van der Waals surface area contributed by atoms with E-state index in [1.165, 1.54) is 0 Å². The lowest BCUT2D eigenvalue weighted by molar-refractivity contribution is -0.143. The van der Waals surface area contributed by atoms with Crippen LogP contribution in [0.15, 0.2) is 0 Å². The summed E-state index contributed by atoms with van der Waals surface area (Å²) in [4.78, 5) is 13.4. The molecule has 1 fully saturated rings. The first kappa shape index (κ1) is 13.5. The van der Waals surface area contributed by atoms with Crippen molar-refractivity contribution in [2.45, 2.75) is 33.2 Å². The molecule has 1 aliphatic heterocycles. The van der Waals surface area contributed by atoms with Crippen LogP contribution >= 0.6 is 0 Å². The molecule has 4 nitrogen and oxygen atoms in total. The lowest BCUT2D eigenvalue weighted by atomic mass is 9.86. The normalized spacial score (nSPS) is 27.6. The van der Waals surface area contributed by atoms with Crippen LogP contribution in [0, 0.1) is 17.8 Å². The molecular formula is C12H24N2O2. The summed E-state index contributed by atoms with van der Waals surface area (Å²) in [6.07, 6.45) is 0. The van der Waals surface area contributed by atoms with Crippen LogP contribution < -0.4 is 5.73 Å². The molecule has 0 aromatic carbocycles. The van der Waals surface area contributed by atoms with Gasteiger partial charge in [0.2, 0.25) is 0 Å². The Balaban J connectivity index is 2.66. The number of carboxylic acid groups (broad SMARTS) is 1. The fourth-order valence-corrected chi connectivity index (χ4v) is 2.56. The zero-order chi connectivity index (χ0) is 12.5. The van der Waals surface area contributed by atoms with Crippen molar-refractivity contribution in [1.29, 1.82) is 0 Å². The minimum absolute atomic E-state index is 0.234. The summed E-state index contributed by atoms with van der Waals surface area (Å²) in [5, 5.41) is 9.19. The highest BCUT2D eigenvalue weighted by atomic mass is 16.4. The van der Waals surface area contributed by atoms with Gasteiger partial charge in [-0.05, 0) is 25.7 Å². The minimum atomic E-state index is -0.670. The fraction of sp³-hybridized carbons (Fsp3) is 0.917. The maximum atomic E-state index is 11.2. The minimum Gasteiger partial charge on any atom is -0.481 e. The van der Waals surface area contributed by atoms with E-state index < -0.39 is 5.97 Å². The quantitative estimate of drug-likeness (QED) is 0.753. The summed E-state index contributed by atoms with van der Waals surface area (Å²) < 4.78 is 0. The highest BCUT2D eigenvalue weighted by molar-refractivity contribution is 5.71. The van der Waals surface area contributed by atoms with Crippen LogP contribution in [0.5, 0.6) is 0 Å². The molecule has 16 heavy (non-hydrogen) atoms. The van der Waals surface area contributed by atoms with E-state index in [0.717, 1.165) is 13.1 Å². The molecule has 0 saturated carbocycles. The topological polar surface area (TPSA) is 66.6 Å². The van der Waals surface area contributed by atoms with Crippen molar-refractivity contribution in [3.05, 3.63) is 0 Å². The Hall–Kier alpha value is -0.610. The maximum absolute atomic E-state index is 11.2. The van der Waals surface area contributed by atoms with Gasteiger partial charge < -0.3 is 15.7 Å². The third-order valence-corrected chi connectivity index (χ3v) is 3.25. The summed E-state index contributed by atoms with van der Waals surface area (Å²) in [6.45, 7) is 10.4. The number of nitrogens with two attached hydrogens (primary N) is 1. The van der Waals surface area contributed by atoms with Crippen molar-refractivity contribution in [2.75, 3.05) is 19.6 Å². The lowest BCUT2D eigenvalue weighted by Crippen LogP contribution is -2.44. The van der Waals surface area contributed by atoms with E-state index in [2.05, 4.69) is 18.7 Å². The van der Waals surface area contributed by atoms with Crippen molar-refractivity contribution in [3.8, 4) is 0 Å². The molecule has 4 heteroatoms. The number of carboxylic acids is 1. The number of carbonyl (C=O) groups is 1. The molecule has 0 spiro atoms. The summed E-state index contributed by atoms with van der Waals surface area (Å²) in [7, 11) is 0. The molecule has 3 N–H and O–H groups in total. The number of nitrogens with zero attached hydrogens (tertiary/aromatic N) is 1. The van der Waals surface area contributed by atoms with Gasteiger partial charge in [-0.15, -0.1) is 0 Å². The first-order chi connectivity index (χ1) is 7.20. The molecule has 0 aromatic heterocycles. The Labute approximate surface area is 97.8 Å². The zero-order valence-electron chi connectivity index (χ0n) is 10.7. The standard InChI is InChI=1S/C12H24N2O2/c1-8(2)9-5-14(7-12(3,4)13)6-10(9)11(15)16/h8-10H,5-7,13H2,1-4H3,(H,15,16)/t9-,10+/m0/s1. The van der Waals surface area contributed by atoms with Crippen molar-refractivity contribution in [3.63, 3.8) is 0 Å². The fourth-order valence-electron chi connectivity index (χ4n) is 2.56. The van der Waals surface area contributed by atoms with Gasteiger partial charge in [0.25, 0.3) is 0 Å². The van der Waals surface area contributed by atoms with Crippen LogP contribution in [0.3, 0.4) is 0 Å². The Morgan fingerprint density at radius 1 is 1.50 bits per heavy atom. The van der Waals surface area contributed by atoms with E-state index in [1.807, 2.05) is 13.8 Å². The van der Waals surface area contributed by atoms with Crippen LogP contribution in [-0.2, 0) is 4.79 Å². The van der Waals surface area contributed by atoms with Gasteiger partial charge in [-0.3, -0.25) is 4.79 Å². The van der Waals surface area contributed by atoms with Crippen molar-refractivity contribution >= 4 is 5.97 Å². The van der Waals surface area contributed by atoms with Crippen LogP contribution in [0.4, 0.5) is 0 Å². The van der Waals surface area contributed by atoms with E-state index in [0.29, 0.717) is 12.5 Å². The average molecular weight is 228 g/mol. The van der Waals surface area contributed by atoms with Crippen LogP contribution in [0.1, 0.15) is 27.7 Å². The molecule has 0 aliphatic carbocycles. The van der Waals surface area contributed by atoms with Gasteiger partial charge >= 0.3 is 5.97 Å². The molecule has 0 aromatic rings. The molecular weight excluding hydrogens is 204 g/mol. The third-order valence-electron chi connectivity index (χ3n) is 3.25. The number of aliphatic carboxylic acids is 1. The molecule has 2 atom stereocenters. The Morgan fingerprint density at radius 3 is 2.38 bits per heavy atom. The zero-order valence-corrected chi connectivity index (χ0v) is 10.7. The van der Waals surface area contributed by atoms with Gasteiger partial charge in [0.15, 0.2) is 0 Å². The summed E-state index contributed by atoms with van der Waals surface area (Å²) in [6, 6.07) is 0. The van der Waals surface area contributed by atoms with E-state index in [-0.39, 0.29) is 17.4 Å². The van der Waals surface area contributed by atoms with Crippen LogP contribution in [-0.4, -0.2) is 41.1 Å². The molecule has 94 valence electrons. The summed E-state index contributed by atoms with van der Waals surface area (Å²) >= 11 is 0. The van der Waals surface area contributed by atoms with Gasteiger partial charge in [-0.1, -0.05) is 13.8 Å². The molecule has 0 bridgehead atoms. The molecule has 1 aliphatic rings. The number of hydrogen-bond acceptors (Lipinski definition) is 3. The van der Waals surface area contributed by atoms with E-state index in [4.69, 9.17) is 5.73 Å². The second kappa shape index (κ2) is 4.72. The predicted molar refractivity (Wildman–Crippen MR) is 64.2 cm³/mol. The van der Waals surface area contributed by atoms with E-state index >= 15 is 0 Å². The molecule has 1 heterocycles. The first-order valence-electron chi connectivity index (χ1n) is 5.95. The van der Waals surface area contributed by atoms with Gasteiger partial charge in [-0.25, -0.2) is 0 Å². The SMILES string of the molecule is CC(C)[C@@H]1CN(CC(C)(C)N)C[C@H]1C(=O)O. The van der Waals surface area contributed by atoms with E-state index in [9.17, 15) is 9.90 Å². The van der Waals surface area contributed by atoms with Gasteiger partial charge in [-0.2, -0.15) is 0 Å². The third kappa shape index (κ3) is 3.46. The van der Waals surface area contributed by atoms with Crippen LogP contribution in [0.25, 0.3) is 0 Å². The molecule has 1 saturated heterocycles. The average Bonchev–Trinajstić information content (AvgIpc) is 2.44. The second-order valence-electron chi connectivity index (χ2n) is 6.04. The Bertz CT molecular complexity index is 258. The number of likely N-dealkylation sites (tertiary alicyclic amines) is 1. The highest BCUT2D eigenvalue weighted by Crippen LogP contribution is 2.30. The first-order valence-corrected chi connectivity index (χ1v) is 5.95. The van der Waals surface area contributed by atoms with Crippen molar-refractivity contribution in [2.24, 2.45) is 23.5 Å². The molecule has 1 rings (SSSR count). The van der Waals surface area contributed by atoms with E-state index in [1.54, 1.807) is 0 Å². The van der Waals surface area contributed by atoms with Crippen molar-refractivity contribution in [1.82, 2.24) is 4.90 Å². The molecule has 0 amide bonds. The largest absolute Gasteiger partial charge is 0.481 e. The number of rotatable bonds is 4. The monoisotopic (exact) mass is 228 g/mol. The molecule has 0 radical (unpaired) electrons. The Morgan fingerprint density at radius 2 is 2.06 bits per heavy atom. The smallest absolute Gasteiger partial charge is 0.308 e. The highest BCUT2D eigenvalue weighted by Gasteiger charge is 2.39. The van der Waals surface area contributed by atoms with Gasteiger partial charge in [0.1, 0.15) is 0 Å². The number of hydrogen-bond donors (Lipinski definition) is 2. The van der Waals surface area contributed by atoms with Gasteiger partial charge in [0, 0.05) is 25.2 Å². The van der Waals surface area contributed by atoms with Crippen molar-refractivity contribution < 1.29 is 9.90 Å².